The van der Waals surface area contributed by atoms with Gasteiger partial charge in [-0.1, -0.05) is 26.0 Å². The van der Waals surface area contributed by atoms with Crippen LogP contribution in [0.4, 0.5) is 11.4 Å². The zero-order valence-electron chi connectivity index (χ0n) is 21.0. The SMILES string of the molecule is C[C@@H]1CCCN(C(=O)CN(CC(=O)N2CCC[C@H](C)C2)c2ccccc2N2CCC(O)CC2)C1. The molecule has 3 aliphatic rings. The smallest absolute Gasteiger partial charge is 0.242 e. The molecule has 0 saturated carbocycles. The Hall–Kier alpha value is -2.28. The number of likely N-dealkylation sites (tertiary alicyclic amines) is 2. The minimum atomic E-state index is -0.246. The normalized spacial score (nSPS) is 24.3. The third-order valence-electron chi connectivity index (χ3n) is 7.70. The highest BCUT2D eigenvalue weighted by Gasteiger charge is 2.29. The summed E-state index contributed by atoms with van der Waals surface area (Å²) in [7, 11) is 0. The number of carbonyl (C=O) groups is 2. The van der Waals surface area contributed by atoms with Crippen molar-refractivity contribution in [2.75, 3.05) is 62.2 Å². The van der Waals surface area contributed by atoms with Gasteiger partial charge >= 0.3 is 0 Å². The Kier molecular flexibility index (Phi) is 8.35. The van der Waals surface area contributed by atoms with Crippen molar-refractivity contribution >= 4 is 23.2 Å². The van der Waals surface area contributed by atoms with Gasteiger partial charge in [0.2, 0.25) is 11.8 Å². The van der Waals surface area contributed by atoms with Crippen molar-refractivity contribution in [1.29, 1.82) is 0 Å². The van der Waals surface area contributed by atoms with Crippen molar-refractivity contribution in [3.8, 4) is 0 Å². The second kappa shape index (κ2) is 11.4. The Morgan fingerprint density at radius 3 is 1.91 bits per heavy atom. The lowest BCUT2D eigenvalue weighted by Gasteiger charge is -2.38. The van der Waals surface area contributed by atoms with Crippen molar-refractivity contribution in [3.05, 3.63) is 24.3 Å². The topological polar surface area (TPSA) is 67.3 Å². The number of carbonyl (C=O) groups excluding carboxylic acids is 2. The first kappa shape index (κ1) is 24.8. The largest absolute Gasteiger partial charge is 0.393 e. The molecular weight excluding hydrogens is 428 g/mol. The summed E-state index contributed by atoms with van der Waals surface area (Å²) in [6, 6.07) is 8.13. The van der Waals surface area contributed by atoms with E-state index in [-0.39, 0.29) is 31.0 Å². The van der Waals surface area contributed by atoms with Gasteiger partial charge in [0.05, 0.1) is 30.6 Å². The number of nitrogens with zero attached hydrogens (tertiary/aromatic N) is 4. The second-order valence-electron chi connectivity index (χ2n) is 10.7. The Morgan fingerprint density at radius 1 is 0.853 bits per heavy atom. The summed E-state index contributed by atoms with van der Waals surface area (Å²) >= 11 is 0. The van der Waals surface area contributed by atoms with E-state index < -0.39 is 0 Å². The Balaban J connectivity index is 1.56. The monoisotopic (exact) mass is 470 g/mol. The molecule has 2 amide bonds. The molecule has 1 N–H and O–H groups in total. The van der Waals surface area contributed by atoms with E-state index in [2.05, 4.69) is 24.8 Å². The van der Waals surface area contributed by atoms with Gasteiger partial charge in [0, 0.05) is 39.3 Å². The summed E-state index contributed by atoms with van der Waals surface area (Å²) in [4.78, 5) is 35.0. The molecule has 1 aromatic carbocycles. The van der Waals surface area contributed by atoms with Gasteiger partial charge in [0.25, 0.3) is 0 Å². The molecule has 7 nitrogen and oxygen atoms in total. The Bertz CT molecular complexity index is 803. The molecule has 4 rings (SSSR count). The molecule has 3 saturated heterocycles. The zero-order chi connectivity index (χ0) is 24.1. The lowest BCUT2D eigenvalue weighted by Crippen LogP contribution is -2.49. The fourth-order valence-corrected chi connectivity index (χ4v) is 5.69. The third kappa shape index (κ3) is 6.23. The second-order valence-corrected chi connectivity index (χ2v) is 10.7. The number of piperidine rings is 3. The number of aliphatic hydroxyl groups is 1. The molecule has 0 unspecified atom stereocenters. The molecule has 0 bridgehead atoms. The fourth-order valence-electron chi connectivity index (χ4n) is 5.69. The number of rotatable bonds is 6. The number of hydrogen-bond donors (Lipinski definition) is 1. The summed E-state index contributed by atoms with van der Waals surface area (Å²) in [5.41, 5.74) is 1.99. The molecule has 2 atom stereocenters. The van der Waals surface area contributed by atoms with E-state index in [1.165, 1.54) is 12.8 Å². The van der Waals surface area contributed by atoms with Crippen LogP contribution in [0, 0.1) is 11.8 Å². The molecule has 3 fully saturated rings. The van der Waals surface area contributed by atoms with Crippen LogP contribution in [0.1, 0.15) is 52.4 Å². The maximum atomic E-state index is 13.4. The van der Waals surface area contributed by atoms with E-state index in [1.54, 1.807) is 0 Å². The molecule has 1 aromatic rings. The summed E-state index contributed by atoms with van der Waals surface area (Å²) in [5, 5.41) is 9.98. The van der Waals surface area contributed by atoms with Crippen LogP contribution in [0.25, 0.3) is 0 Å². The van der Waals surface area contributed by atoms with Crippen molar-refractivity contribution in [2.45, 2.75) is 58.5 Å². The molecule has 0 radical (unpaired) electrons. The lowest BCUT2D eigenvalue weighted by atomic mass is 10.00. The van der Waals surface area contributed by atoms with Crippen LogP contribution in [-0.4, -0.2) is 85.2 Å². The first-order valence-corrected chi connectivity index (χ1v) is 13.2. The van der Waals surface area contributed by atoms with E-state index >= 15 is 0 Å². The van der Waals surface area contributed by atoms with Gasteiger partial charge in [0.15, 0.2) is 0 Å². The number of aliphatic hydroxyl groups excluding tert-OH is 1. The van der Waals surface area contributed by atoms with Gasteiger partial charge in [-0.25, -0.2) is 0 Å². The van der Waals surface area contributed by atoms with E-state index in [1.807, 2.05) is 32.9 Å². The molecule has 188 valence electrons. The van der Waals surface area contributed by atoms with Gasteiger partial charge in [-0.2, -0.15) is 0 Å². The van der Waals surface area contributed by atoms with Crippen LogP contribution < -0.4 is 9.80 Å². The van der Waals surface area contributed by atoms with Crippen LogP contribution in [0.5, 0.6) is 0 Å². The first-order chi connectivity index (χ1) is 16.4. The van der Waals surface area contributed by atoms with E-state index in [0.717, 1.165) is 76.3 Å². The number of amides is 2. The minimum absolute atomic E-state index is 0.107. The van der Waals surface area contributed by atoms with Gasteiger partial charge in [-0.3, -0.25) is 9.59 Å². The number of anilines is 2. The molecular formula is C27H42N4O3. The average molecular weight is 471 g/mol. The van der Waals surface area contributed by atoms with Gasteiger partial charge in [0.1, 0.15) is 0 Å². The molecule has 0 aliphatic carbocycles. The van der Waals surface area contributed by atoms with Crippen LogP contribution >= 0.6 is 0 Å². The Morgan fingerprint density at radius 2 is 1.38 bits per heavy atom. The summed E-state index contributed by atoms with van der Waals surface area (Å²) in [6.07, 6.45) is 5.66. The van der Waals surface area contributed by atoms with Crippen molar-refractivity contribution in [2.24, 2.45) is 11.8 Å². The molecule has 3 heterocycles. The lowest BCUT2D eigenvalue weighted by molar-refractivity contribution is -0.132. The number of para-hydroxylation sites is 2. The predicted molar refractivity (Wildman–Crippen MR) is 136 cm³/mol. The Labute approximate surface area is 204 Å². The average Bonchev–Trinajstić information content (AvgIpc) is 2.84. The van der Waals surface area contributed by atoms with Crippen molar-refractivity contribution in [3.63, 3.8) is 0 Å². The van der Waals surface area contributed by atoms with Crippen molar-refractivity contribution in [1.82, 2.24) is 9.80 Å². The van der Waals surface area contributed by atoms with E-state index in [0.29, 0.717) is 11.8 Å². The van der Waals surface area contributed by atoms with Gasteiger partial charge in [-0.05, 0) is 62.5 Å². The van der Waals surface area contributed by atoms with Crippen LogP contribution in [0.2, 0.25) is 0 Å². The fraction of sp³-hybridized carbons (Fsp3) is 0.704. The quantitative estimate of drug-likeness (QED) is 0.692. The standard InChI is InChI=1S/C27H42N4O3/c1-21-7-5-13-29(17-21)26(33)19-31(20-27(34)30-14-6-8-22(2)18-30)25-10-4-3-9-24(25)28-15-11-23(32)12-16-28/h3-4,9-10,21-23,32H,5-8,11-20H2,1-2H3/t21-,22+. The van der Waals surface area contributed by atoms with Crippen molar-refractivity contribution < 1.29 is 14.7 Å². The third-order valence-corrected chi connectivity index (χ3v) is 7.70. The molecule has 0 spiro atoms. The predicted octanol–water partition coefficient (Wildman–Crippen LogP) is 2.97. The molecule has 3 aliphatic heterocycles. The van der Waals surface area contributed by atoms with Crippen LogP contribution in [0.15, 0.2) is 24.3 Å². The summed E-state index contributed by atoms with van der Waals surface area (Å²) in [5.74, 6) is 1.26. The summed E-state index contributed by atoms with van der Waals surface area (Å²) in [6.45, 7) is 9.62. The van der Waals surface area contributed by atoms with Crippen LogP contribution in [-0.2, 0) is 9.59 Å². The molecule has 34 heavy (non-hydrogen) atoms. The van der Waals surface area contributed by atoms with E-state index in [9.17, 15) is 14.7 Å². The maximum absolute atomic E-state index is 13.4. The highest BCUT2D eigenvalue weighted by atomic mass is 16.3. The maximum Gasteiger partial charge on any atom is 0.242 e. The van der Waals surface area contributed by atoms with E-state index in [4.69, 9.17) is 0 Å². The highest BCUT2D eigenvalue weighted by Crippen LogP contribution is 2.32. The number of benzene rings is 1. The zero-order valence-corrected chi connectivity index (χ0v) is 21.0. The molecule has 7 heteroatoms. The first-order valence-electron chi connectivity index (χ1n) is 13.2. The molecule has 0 aromatic heterocycles. The summed E-state index contributed by atoms with van der Waals surface area (Å²) < 4.78 is 0. The minimum Gasteiger partial charge on any atom is -0.393 e. The number of hydrogen-bond acceptors (Lipinski definition) is 5. The van der Waals surface area contributed by atoms with Crippen LogP contribution in [0.3, 0.4) is 0 Å². The van der Waals surface area contributed by atoms with Gasteiger partial charge < -0.3 is 24.7 Å². The van der Waals surface area contributed by atoms with Gasteiger partial charge in [-0.15, -0.1) is 0 Å². The highest BCUT2D eigenvalue weighted by molar-refractivity contribution is 5.89.